The molecule has 2 aliphatic rings. The molecule has 4 nitrogen and oxygen atoms in total. The van der Waals surface area contributed by atoms with Gasteiger partial charge in [-0.25, -0.2) is 8.78 Å². The molecule has 2 fully saturated rings. The van der Waals surface area contributed by atoms with Gasteiger partial charge in [0.1, 0.15) is 11.6 Å². The Hall–Kier alpha value is -1.53. The molecule has 0 saturated heterocycles. The van der Waals surface area contributed by atoms with Crippen molar-refractivity contribution in [3.05, 3.63) is 47.1 Å². The van der Waals surface area contributed by atoms with Crippen molar-refractivity contribution in [2.75, 3.05) is 0 Å². The predicted octanol–water partition coefficient (Wildman–Crippen LogP) is 3.38. The van der Waals surface area contributed by atoms with Crippen LogP contribution in [0.3, 0.4) is 0 Å². The summed E-state index contributed by atoms with van der Waals surface area (Å²) in [5, 5.41) is 3.97. The molecule has 2 saturated carbocycles. The standard InChI is InChI=1S/C15H15F2N3O.ClH/c16-8-2-3-9(12(17)6-8)10-7-11(10)13-19-14(20-21-13)15(18)4-1-5-15;/h2-3,6,10-11H,1,4-5,7,18H2;1H. The Morgan fingerprint density at radius 3 is 2.64 bits per heavy atom. The minimum atomic E-state index is -0.566. The van der Waals surface area contributed by atoms with Crippen molar-refractivity contribution >= 4 is 12.4 Å². The molecule has 0 amide bonds. The fraction of sp³-hybridized carbons (Fsp3) is 0.467. The Morgan fingerprint density at radius 1 is 1.23 bits per heavy atom. The van der Waals surface area contributed by atoms with Gasteiger partial charge in [0.15, 0.2) is 5.82 Å². The highest BCUT2D eigenvalue weighted by molar-refractivity contribution is 5.85. The van der Waals surface area contributed by atoms with Crippen LogP contribution in [0.4, 0.5) is 8.78 Å². The minimum absolute atomic E-state index is 0. The SMILES string of the molecule is Cl.NC1(c2noc(C3CC3c3ccc(F)cc3F)n2)CCC1. The molecular formula is C15H16ClF2N3O. The molecule has 22 heavy (non-hydrogen) atoms. The molecule has 2 unspecified atom stereocenters. The largest absolute Gasteiger partial charge is 0.339 e. The average Bonchev–Trinajstić information content (AvgIpc) is 3.04. The van der Waals surface area contributed by atoms with E-state index in [-0.39, 0.29) is 24.2 Å². The fourth-order valence-electron chi connectivity index (χ4n) is 2.98. The summed E-state index contributed by atoms with van der Waals surface area (Å²) >= 11 is 0. The van der Waals surface area contributed by atoms with Gasteiger partial charge in [-0.15, -0.1) is 12.4 Å². The maximum Gasteiger partial charge on any atom is 0.230 e. The van der Waals surface area contributed by atoms with Crippen molar-refractivity contribution in [1.82, 2.24) is 10.1 Å². The van der Waals surface area contributed by atoms with Gasteiger partial charge in [-0.05, 0) is 43.2 Å². The lowest BCUT2D eigenvalue weighted by Crippen LogP contribution is -2.44. The van der Waals surface area contributed by atoms with E-state index in [1.807, 2.05) is 0 Å². The molecule has 4 rings (SSSR count). The lowest BCUT2D eigenvalue weighted by atomic mass is 9.77. The predicted molar refractivity (Wildman–Crippen MR) is 77.7 cm³/mol. The van der Waals surface area contributed by atoms with Crippen molar-refractivity contribution in [3.63, 3.8) is 0 Å². The number of nitrogens with zero attached hydrogens (tertiary/aromatic N) is 2. The van der Waals surface area contributed by atoms with Gasteiger partial charge in [0.05, 0.1) is 5.54 Å². The zero-order valence-corrected chi connectivity index (χ0v) is 12.6. The number of hydrogen-bond acceptors (Lipinski definition) is 4. The lowest BCUT2D eigenvalue weighted by molar-refractivity contribution is 0.229. The van der Waals surface area contributed by atoms with Crippen LogP contribution in [0.25, 0.3) is 0 Å². The van der Waals surface area contributed by atoms with Gasteiger partial charge in [-0.3, -0.25) is 0 Å². The Bertz CT molecular complexity index is 702. The van der Waals surface area contributed by atoms with E-state index < -0.39 is 17.2 Å². The molecule has 2 atom stereocenters. The summed E-state index contributed by atoms with van der Waals surface area (Å²) in [7, 11) is 0. The second kappa shape index (κ2) is 5.28. The van der Waals surface area contributed by atoms with Crippen molar-refractivity contribution < 1.29 is 13.3 Å². The van der Waals surface area contributed by atoms with E-state index in [0.717, 1.165) is 31.7 Å². The highest BCUT2D eigenvalue weighted by Crippen LogP contribution is 2.55. The first kappa shape index (κ1) is 15.4. The van der Waals surface area contributed by atoms with Crippen LogP contribution >= 0.6 is 12.4 Å². The number of hydrogen-bond donors (Lipinski definition) is 1. The third-order valence-electron chi connectivity index (χ3n) is 4.60. The van der Waals surface area contributed by atoms with Crippen LogP contribution in [0.5, 0.6) is 0 Å². The lowest BCUT2D eigenvalue weighted by Gasteiger charge is -2.34. The number of halogens is 3. The summed E-state index contributed by atoms with van der Waals surface area (Å²) in [6.45, 7) is 0. The molecule has 0 radical (unpaired) electrons. The zero-order chi connectivity index (χ0) is 14.6. The van der Waals surface area contributed by atoms with Crippen LogP contribution in [0.15, 0.2) is 22.7 Å². The highest BCUT2D eigenvalue weighted by atomic mass is 35.5. The summed E-state index contributed by atoms with van der Waals surface area (Å²) in [4.78, 5) is 4.39. The Morgan fingerprint density at radius 2 is 2.00 bits per heavy atom. The normalized spacial score (nSPS) is 25.2. The van der Waals surface area contributed by atoms with Crippen LogP contribution in [0.1, 0.15) is 54.8 Å². The van der Waals surface area contributed by atoms with Gasteiger partial charge < -0.3 is 10.3 Å². The van der Waals surface area contributed by atoms with Crippen LogP contribution in [-0.4, -0.2) is 10.1 Å². The molecular weight excluding hydrogens is 312 g/mol. The van der Waals surface area contributed by atoms with Gasteiger partial charge in [-0.1, -0.05) is 11.2 Å². The molecule has 2 aliphatic carbocycles. The zero-order valence-electron chi connectivity index (χ0n) is 11.8. The van der Waals surface area contributed by atoms with E-state index in [1.54, 1.807) is 0 Å². The Balaban J connectivity index is 0.00000144. The van der Waals surface area contributed by atoms with Crippen LogP contribution in [0, 0.1) is 11.6 Å². The molecule has 2 aromatic rings. The average molecular weight is 328 g/mol. The number of rotatable bonds is 3. The second-order valence-corrected chi connectivity index (χ2v) is 6.08. The number of aromatic nitrogens is 2. The Kier molecular flexibility index (Phi) is 3.69. The monoisotopic (exact) mass is 327 g/mol. The summed E-state index contributed by atoms with van der Waals surface area (Å²) < 4.78 is 32.0. The minimum Gasteiger partial charge on any atom is -0.339 e. The first-order chi connectivity index (χ1) is 10.1. The molecule has 0 bridgehead atoms. The molecule has 7 heteroatoms. The van der Waals surface area contributed by atoms with E-state index in [1.165, 1.54) is 12.1 Å². The topological polar surface area (TPSA) is 64.9 Å². The molecule has 1 aromatic carbocycles. The first-order valence-corrected chi connectivity index (χ1v) is 7.15. The second-order valence-electron chi connectivity index (χ2n) is 6.08. The maximum absolute atomic E-state index is 13.8. The van der Waals surface area contributed by atoms with Gasteiger partial charge in [-0.2, -0.15) is 4.98 Å². The quantitative estimate of drug-likeness (QED) is 0.938. The third kappa shape index (κ3) is 2.40. The van der Waals surface area contributed by atoms with Crippen LogP contribution in [0.2, 0.25) is 0 Å². The van der Waals surface area contributed by atoms with Crippen molar-refractivity contribution in [2.45, 2.75) is 43.1 Å². The van der Waals surface area contributed by atoms with E-state index in [4.69, 9.17) is 10.3 Å². The third-order valence-corrected chi connectivity index (χ3v) is 4.60. The summed E-state index contributed by atoms with van der Waals surface area (Å²) in [6.07, 6.45) is 3.55. The fourth-order valence-corrected chi connectivity index (χ4v) is 2.98. The molecule has 1 aromatic heterocycles. The Labute approximate surface area is 132 Å². The number of nitrogens with two attached hydrogens (primary N) is 1. The summed E-state index contributed by atoms with van der Waals surface area (Å²) in [5.74, 6) is -0.0339. The molecule has 1 heterocycles. The van der Waals surface area contributed by atoms with E-state index >= 15 is 0 Å². The van der Waals surface area contributed by atoms with E-state index in [0.29, 0.717) is 17.3 Å². The smallest absolute Gasteiger partial charge is 0.230 e. The van der Waals surface area contributed by atoms with Crippen LogP contribution < -0.4 is 5.73 Å². The van der Waals surface area contributed by atoms with Crippen molar-refractivity contribution in [1.29, 1.82) is 0 Å². The maximum atomic E-state index is 13.8. The highest BCUT2D eigenvalue weighted by Gasteiger charge is 2.46. The molecule has 0 spiro atoms. The summed E-state index contributed by atoms with van der Waals surface area (Å²) in [5.41, 5.74) is 6.21. The summed E-state index contributed by atoms with van der Waals surface area (Å²) in [6, 6.07) is 3.67. The van der Waals surface area contributed by atoms with Crippen molar-refractivity contribution in [3.8, 4) is 0 Å². The van der Waals surface area contributed by atoms with E-state index in [9.17, 15) is 8.78 Å². The van der Waals surface area contributed by atoms with Gasteiger partial charge >= 0.3 is 0 Å². The van der Waals surface area contributed by atoms with Gasteiger partial charge in [0.2, 0.25) is 5.89 Å². The van der Waals surface area contributed by atoms with Crippen LogP contribution in [-0.2, 0) is 5.54 Å². The number of benzene rings is 1. The van der Waals surface area contributed by atoms with E-state index in [2.05, 4.69) is 10.1 Å². The van der Waals surface area contributed by atoms with Gasteiger partial charge in [0, 0.05) is 12.0 Å². The molecule has 2 N–H and O–H groups in total. The molecule has 0 aliphatic heterocycles. The van der Waals surface area contributed by atoms with Gasteiger partial charge in [0.25, 0.3) is 0 Å². The van der Waals surface area contributed by atoms with Crippen molar-refractivity contribution in [2.24, 2.45) is 5.73 Å². The first-order valence-electron chi connectivity index (χ1n) is 7.15. The molecule has 118 valence electrons.